The monoisotopic (exact) mass is 263 g/mol. The van der Waals surface area contributed by atoms with Gasteiger partial charge in [0, 0.05) is 17.8 Å². The van der Waals surface area contributed by atoms with Crippen LogP contribution in [0.4, 0.5) is 0 Å². The Balaban J connectivity index is 2.00. The molecule has 0 bridgehead atoms. The van der Waals surface area contributed by atoms with Crippen LogP contribution in [0.15, 0.2) is 12.1 Å². The average Bonchev–Trinajstić information content (AvgIpc) is 2.79. The van der Waals surface area contributed by atoms with Gasteiger partial charge in [0.05, 0.1) is 0 Å². The van der Waals surface area contributed by atoms with Crippen molar-refractivity contribution in [2.75, 3.05) is 6.26 Å². The van der Waals surface area contributed by atoms with Gasteiger partial charge in [0.15, 0.2) is 0 Å². The molecule has 100 valence electrons. The molecule has 0 radical (unpaired) electrons. The molecule has 18 heavy (non-hydrogen) atoms. The highest BCUT2D eigenvalue weighted by Gasteiger charge is 2.25. The Bertz CT molecular complexity index is 414. The van der Waals surface area contributed by atoms with Gasteiger partial charge >= 0.3 is 0 Å². The first-order valence-corrected chi connectivity index (χ1v) is 8.23. The van der Waals surface area contributed by atoms with Gasteiger partial charge in [-0.3, -0.25) is 0 Å². The maximum atomic E-state index is 3.77. The summed E-state index contributed by atoms with van der Waals surface area (Å²) in [6, 6.07) is 5.37. The van der Waals surface area contributed by atoms with Gasteiger partial charge in [-0.15, -0.1) is 0 Å². The first-order valence-electron chi connectivity index (χ1n) is 6.94. The topological polar surface area (TPSA) is 12.0 Å². The molecule has 0 heterocycles. The van der Waals surface area contributed by atoms with Gasteiger partial charge in [-0.1, -0.05) is 18.6 Å². The van der Waals surface area contributed by atoms with E-state index in [4.69, 9.17) is 0 Å². The largest absolute Gasteiger partial charge is 0.309 e. The molecule has 2 rings (SSSR count). The quantitative estimate of drug-likeness (QED) is 0.881. The molecule has 2 unspecified atom stereocenters. The van der Waals surface area contributed by atoms with E-state index < -0.39 is 0 Å². The highest BCUT2D eigenvalue weighted by atomic mass is 32.2. The summed E-state index contributed by atoms with van der Waals surface area (Å²) in [6.07, 6.45) is 6.35. The molecule has 2 heteroatoms. The molecule has 1 aromatic rings. The van der Waals surface area contributed by atoms with Gasteiger partial charge in [-0.2, -0.15) is 11.8 Å². The van der Waals surface area contributed by atoms with Gasteiger partial charge in [-0.25, -0.2) is 0 Å². The lowest BCUT2D eigenvalue weighted by Crippen LogP contribution is -2.33. The first-order chi connectivity index (χ1) is 8.61. The lowest BCUT2D eigenvalue weighted by atomic mass is 10.0. The van der Waals surface area contributed by atoms with Crippen molar-refractivity contribution >= 4 is 11.8 Å². The molecule has 0 amide bonds. The van der Waals surface area contributed by atoms with E-state index in [1.165, 1.54) is 41.5 Å². The third-order valence-electron chi connectivity index (χ3n) is 4.26. The van der Waals surface area contributed by atoms with Crippen molar-refractivity contribution in [1.82, 2.24) is 5.32 Å². The van der Waals surface area contributed by atoms with E-state index in [-0.39, 0.29) is 0 Å². The molecule has 2 atom stereocenters. The fourth-order valence-corrected chi connectivity index (χ4v) is 3.86. The maximum Gasteiger partial charge on any atom is 0.0211 e. The van der Waals surface area contributed by atoms with Gasteiger partial charge in [0.2, 0.25) is 0 Å². The molecule has 1 aliphatic carbocycles. The summed E-state index contributed by atoms with van der Waals surface area (Å²) in [5.74, 6) is 0. The molecule has 1 nitrogen and oxygen atoms in total. The number of hydrogen-bond donors (Lipinski definition) is 1. The third kappa shape index (κ3) is 3.10. The SMILES string of the molecule is CSC1CCCC1NCc1cc(C)c(C)cc1C. The van der Waals surface area contributed by atoms with Crippen LogP contribution in [0.25, 0.3) is 0 Å². The van der Waals surface area contributed by atoms with E-state index in [1.54, 1.807) is 0 Å². The summed E-state index contributed by atoms with van der Waals surface area (Å²) in [5, 5.41) is 4.58. The Morgan fingerprint density at radius 2 is 1.83 bits per heavy atom. The van der Waals surface area contributed by atoms with Crippen molar-refractivity contribution in [3.8, 4) is 0 Å². The predicted molar refractivity (Wildman–Crippen MR) is 82.4 cm³/mol. The van der Waals surface area contributed by atoms with Gasteiger partial charge < -0.3 is 5.32 Å². The minimum absolute atomic E-state index is 0.709. The van der Waals surface area contributed by atoms with E-state index in [0.29, 0.717) is 6.04 Å². The summed E-state index contributed by atoms with van der Waals surface area (Å²) in [4.78, 5) is 0. The smallest absolute Gasteiger partial charge is 0.0211 e. The molecular weight excluding hydrogens is 238 g/mol. The zero-order chi connectivity index (χ0) is 13.1. The van der Waals surface area contributed by atoms with Crippen LogP contribution < -0.4 is 5.32 Å². The van der Waals surface area contributed by atoms with E-state index in [9.17, 15) is 0 Å². The van der Waals surface area contributed by atoms with Crippen molar-refractivity contribution in [1.29, 1.82) is 0 Å². The van der Waals surface area contributed by atoms with Gasteiger partial charge in [0.1, 0.15) is 0 Å². The Morgan fingerprint density at radius 1 is 1.11 bits per heavy atom. The lowest BCUT2D eigenvalue weighted by molar-refractivity contribution is 0.531. The Morgan fingerprint density at radius 3 is 2.56 bits per heavy atom. The predicted octanol–water partition coefficient (Wildman–Crippen LogP) is 3.99. The number of nitrogens with one attached hydrogen (secondary N) is 1. The Kier molecular flexibility index (Phi) is 4.74. The van der Waals surface area contributed by atoms with Crippen molar-refractivity contribution in [2.24, 2.45) is 0 Å². The summed E-state index contributed by atoms with van der Waals surface area (Å²) >= 11 is 2.02. The van der Waals surface area contributed by atoms with Crippen LogP contribution in [0.2, 0.25) is 0 Å². The molecule has 0 saturated heterocycles. The number of hydrogen-bond acceptors (Lipinski definition) is 2. The highest BCUT2D eigenvalue weighted by Crippen LogP contribution is 2.28. The summed E-state index contributed by atoms with van der Waals surface area (Å²) < 4.78 is 0. The van der Waals surface area contributed by atoms with Crippen LogP contribution >= 0.6 is 11.8 Å². The molecular formula is C16H25NS. The molecule has 1 fully saturated rings. The second-order valence-corrected chi connectivity index (χ2v) is 6.63. The lowest BCUT2D eigenvalue weighted by Gasteiger charge is -2.20. The van der Waals surface area contributed by atoms with Crippen LogP contribution in [-0.2, 0) is 6.54 Å². The molecule has 1 N–H and O–H groups in total. The van der Waals surface area contributed by atoms with E-state index >= 15 is 0 Å². The standard InChI is InChI=1S/C16H25NS/c1-11-8-13(3)14(9-12(11)2)10-17-15-6-5-7-16(15)18-4/h8-9,15-17H,5-7,10H2,1-4H3. The van der Waals surface area contributed by atoms with E-state index in [1.807, 2.05) is 11.8 Å². The zero-order valence-corrected chi connectivity index (χ0v) is 12.9. The van der Waals surface area contributed by atoms with E-state index in [2.05, 4.69) is 44.5 Å². The molecule has 0 aliphatic heterocycles. The normalized spacial score (nSPS) is 23.6. The summed E-state index contributed by atoms with van der Waals surface area (Å²) in [6.45, 7) is 7.65. The molecule has 1 aliphatic rings. The molecule has 0 aromatic heterocycles. The number of aryl methyl sites for hydroxylation is 3. The zero-order valence-electron chi connectivity index (χ0n) is 12.0. The van der Waals surface area contributed by atoms with Gasteiger partial charge in [0.25, 0.3) is 0 Å². The second-order valence-electron chi connectivity index (χ2n) is 5.56. The van der Waals surface area contributed by atoms with Crippen LogP contribution in [0, 0.1) is 20.8 Å². The Labute approximate surface area is 116 Å². The molecule has 1 saturated carbocycles. The van der Waals surface area contributed by atoms with Gasteiger partial charge in [-0.05, 0) is 62.1 Å². The summed E-state index contributed by atoms with van der Waals surface area (Å²) in [7, 11) is 0. The van der Waals surface area contributed by atoms with Crippen LogP contribution in [0.5, 0.6) is 0 Å². The van der Waals surface area contributed by atoms with Crippen molar-refractivity contribution in [3.05, 3.63) is 34.4 Å². The minimum Gasteiger partial charge on any atom is -0.309 e. The van der Waals surface area contributed by atoms with Crippen LogP contribution in [0.3, 0.4) is 0 Å². The minimum atomic E-state index is 0.709. The number of benzene rings is 1. The average molecular weight is 263 g/mol. The summed E-state index contributed by atoms with van der Waals surface area (Å²) in [5.41, 5.74) is 5.69. The van der Waals surface area contributed by atoms with Crippen LogP contribution in [-0.4, -0.2) is 17.5 Å². The van der Waals surface area contributed by atoms with Crippen molar-refractivity contribution in [2.45, 2.75) is 57.9 Å². The van der Waals surface area contributed by atoms with Crippen molar-refractivity contribution in [3.63, 3.8) is 0 Å². The fraction of sp³-hybridized carbons (Fsp3) is 0.625. The maximum absolute atomic E-state index is 3.77. The van der Waals surface area contributed by atoms with Crippen molar-refractivity contribution < 1.29 is 0 Å². The van der Waals surface area contributed by atoms with Crippen LogP contribution in [0.1, 0.15) is 41.5 Å². The second kappa shape index (κ2) is 6.12. The number of rotatable bonds is 4. The highest BCUT2D eigenvalue weighted by molar-refractivity contribution is 7.99. The first kappa shape index (κ1) is 14.0. The molecule has 1 aromatic carbocycles. The Hall–Kier alpha value is -0.470. The fourth-order valence-electron chi connectivity index (χ4n) is 2.89. The molecule has 0 spiro atoms. The third-order valence-corrected chi connectivity index (χ3v) is 5.43. The van der Waals surface area contributed by atoms with E-state index in [0.717, 1.165) is 11.8 Å². The number of thioether (sulfide) groups is 1.